The minimum atomic E-state index is 0.492. The molecule has 1 heterocycles. The first kappa shape index (κ1) is 12.3. The van der Waals surface area contributed by atoms with Gasteiger partial charge in [-0.2, -0.15) is 0 Å². The van der Waals surface area contributed by atoms with Gasteiger partial charge in [-0.05, 0) is 32.0 Å². The quantitative estimate of drug-likeness (QED) is 0.872. The lowest BCUT2D eigenvalue weighted by Gasteiger charge is -2.08. The number of aromatic nitrogens is 2. The van der Waals surface area contributed by atoms with Gasteiger partial charge in [0.25, 0.3) is 0 Å². The maximum absolute atomic E-state index is 6.16. The highest BCUT2D eigenvalue weighted by atomic mass is 79.9. The Balaban J connectivity index is 2.61. The lowest BCUT2D eigenvalue weighted by molar-refractivity contribution is 1.08. The second kappa shape index (κ2) is 4.63. The second-order valence-electron chi connectivity index (χ2n) is 3.77. The molecule has 17 heavy (non-hydrogen) atoms. The third-order valence-corrected chi connectivity index (χ3v) is 3.40. The summed E-state index contributed by atoms with van der Waals surface area (Å²) < 4.78 is 0.919. The van der Waals surface area contributed by atoms with E-state index in [0.29, 0.717) is 16.7 Å². The molecular weight excluding hydrogens is 302 g/mol. The highest BCUT2D eigenvalue weighted by molar-refractivity contribution is 9.10. The first-order chi connectivity index (χ1) is 7.99. The van der Waals surface area contributed by atoms with Crippen LogP contribution in [-0.4, -0.2) is 9.97 Å². The predicted octanol–water partition coefficient (Wildman–Crippen LogP) is 3.76. The minimum Gasteiger partial charge on any atom is -0.383 e. The highest BCUT2D eigenvalue weighted by Gasteiger charge is 2.10. The molecule has 88 valence electrons. The van der Waals surface area contributed by atoms with E-state index in [0.717, 1.165) is 21.3 Å². The topological polar surface area (TPSA) is 51.8 Å². The normalized spacial score (nSPS) is 10.6. The largest absolute Gasteiger partial charge is 0.383 e. The molecule has 0 bridgehead atoms. The number of hydrogen-bond donors (Lipinski definition) is 1. The minimum absolute atomic E-state index is 0.492. The zero-order valence-corrected chi connectivity index (χ0v) is 11.8. The Morgan fingerprint density at radius 1 is 1.24 bits per heavy atom. The van der Waals surface area contributed by atoms with Crippen LogP contribution in [0.3, 0.4) is 0 Å². The fourth-order valence-electron chi connectivity index (χ4n) is 1.44. The van der Waals surface area contributed by atoms with E-state index in [1.165, 1.54) is 0 Å². The Morgan fingerprint density at radius 3 is 2.53 bits per heavy atom. The van der Waals surface area contributed by atoms with Gasteiger partial charge < -0.3 is 5.73 Å². The molecular formula is C12H11BrClN3. The summed E-state index contributed by atoms with van der Waals surface area (Å²) in [6.45, 7) is 3.81. The number of nitrogens with two attached hydrogens (primary N) is 1. The molecule has 0 amide bonds. The smallest absolute Gasteiger partial charge is 0.163 e. The first-order valence-corrected chi connectivity index (χ1v) is 6.22. The van der Waals surface area contributed by atoms with Gasteiger partial charge in [-0.25, -0.2) is 9.97 Å². The van der Waals surface area contributed by atoms with Gasteiger partial charge in [-0.1, -0.05) is 27.5 Å². The number of benzene rings is 1. The van der Waals surface area contributed by atoms with Gasteiger partial charge in [0.15, 0.2) is 5.82 Å². The molecule has 5 heteroatoms. The number of rotatable bonds is 1. The maximum atomic E-state index is 6.16. The van der Waals surface area contributed by atoms with E-state index in [1.54, 1.807) is 0 Å². The van der Waals surface area contributed by atoms with Gasteiger partial charge in [0.2, 0.25) is 0 Å². The van der Waals surface area contributed by atoms with Crippen LogP contribution in [0.2, 0.25) is 5.02 Å². The summed E-state index contributed by atoms with van der Waals surface area (Å²) in [5.41, 5.74) is 8.39. The molecule has 0 atom stereocenters. The molecule has 0 aliphatic rings. The molecule has 0 saturated heterocycles. The Labute approximate surface area is 113 Å². The number of anilines is 1. The van der Waals surface area contributed by atoms with Crippen molar-refractivity contribution in [2.45, 2.75) is 13.8 Å². The van der Waals surface area contributed by atoms with Crippen molar-refractivity contribution in [1.82, 2.24) is 9.97 Å². The third-order valence-electron chi connectivity index (χ3n) is 2.60. The van der Waals surface area contributed by atoms with Crippen LogP contribution >= 0.6 is 27.5 Å². The average Bonchev–Trinajstić information content (AvgIpc) is 2.25. The Morgan fingerprint density at radius 2 is 1.94 bits per heavy atom. The molecule has 2 rings (SSSR count). The summed E-state index contributed by atoms with van der Waals surface area (Å²) in [4.78, 5) is 8.66. The summed E-state index contributed by atoms with van der Waals surface area (Å²) >= 11 is 9.52. The van der Waals surface area contributed by atoms with Crippen LogP contribution < -0.4 is 5.73 Å². The van der Waals surface area contributed by atoms with Gasteiger partial charge in [0.05, 0.1) is 5.02 Å². The maximum Gasteiger partial charge on any atom is 0.163 e. The van der Waals surface area contributed by atoms with Crippen molar-refractivity contribution < 1.29 is 0 Å². The predicted molar refractivity (Wildman–Crippen MR) is 74.1 cm³/mol. The Kier molecular flexibility index (Phi) is 3.35. The molecule has 3 nitrogen and oxygen atoms in total. The molecule has 2 N–H and O–H groups in total. The Bertz CT molecular complexity index is 561. The molecule has 0 fully saturated rings. The number of hydrogen-bond acceptors (Lipinski definition) is 3. The molecule has 0 saturated carbocycles. The number of aryl methyl sites for hydroxylation is 1. The van der Waals surface area contributed by atoms with E-state index in [2.05, 4.69) is 25.9 Å². The number of nitrogens with zero attached hydrogens (tertiary/aromatic N) is 2. The fourth-order valence-corrected chi connectivity index (χ4v) is 2.20. The van der Waals surface area contributed by atoms with Gasteiger partial charge in [0, 0.05) is 21.3 Å². The summed E-state index contributed by atoms with van der Waals surface area (Å²) in [5.74, 6) is 1.05. The van der Waals surface area contributed by atoms with Crippen LogP contribution in [0, 0.1) is 13.8 Å². The average molecular weight is 313 g/mol. The highest BCUT2D eigenvalue weighted by Crippen LogP contribution is 2.29. The van der Waals surface area contributed by atoms with Crippen molar-refractivity contribution in [3.8, 4) is 11.4 Å². The SMILES string of the molecule is Cc1nc(-c2ccc(Br)cc2Cl)nc(N)c1C. The van der Waals surface area contributed by atoms with Gasteiger partial charge >= 0.3 is 0 Å². The number of nitrogen functional groups attached to an aromatic ring is 1. The second-order valence-corrected chi connectivity index (χ2v) is 5.09. The van der Waals surface area contributed by atoms with E-state index in [4.69, 9.17) is 17.3 Å². The summed E-state index contributed by atoms with van der Waals surface area (Å²) in [7, 11) is 0. The van der Waals surface area contributed by atoms with Gasteiger partial charge in [-0.15, -0.1) is 0 Å². The molecule has 0 spiro atoms. The van der Waals surface area contributed by atoms with E-state index in [-0.39, 0.29) is 0 Å². The van der Waals surface area contributed by atoms with Crippen molar-refractivity contribution in [1.29, 1.82) is 0 Å². The van der Waals surface area contributed by atoms with Crippen molar-refractivity contribution in [2.24, 2.45) is 0 Å². The van der Waals surface area contributed by atoms with Crippen LogP contribution in [0.4, 0.5) is 5.82 Å². The van der Waals surface area contributed by atoms with Gasteiger partial charge in [-0.3, -0.25) is 0 Å². The van der Waals surface area contributed by atoms with E-state index in [1.807, 2.05) is 32.0 Å². The lowest BCUT2D eigenvalue weighted by Crippen LogP contribution is -2.02. The van der Waals surface area contributed by atoms with Crippen molar-refractivity contribution in [2.75, 3.05) is 5.73 Å². The van der Waals surface area contributed by atoms with Crippen LogP contribution in [0.25, 0.3) is 11.4 Å². The Hall–Kier alpha value is -1.13. The molecule has 1 aromatic carbocycles. The van der Waals surface area contributed by atoms with E-state index >= 15 is 0 Å². The molecule has 2 aromatic rings. The van der Waals surface area contributed by atoms with Crippen molar-refractivity contribution >= 4 is 33.3 Å². The van der Waals surface area contributed by atoms with E-state index < -0.39 is 0 Å². The van der Waals surface area contributed by atoms with Crippen LogP contribution in [0.5, 0.6) is 0 Å². The lowest BCUT2D eigenvalue weighted by atomic mass is 10.2. The monoisotopic (exact) mass is 311 g/mol. The standard InChI is InChI=1S/C12H11BrClN3/c1-6-7(2)16-12(17-11(6)15)9-4-3-8(13)5-10(9)14/h3-5H,1-2H3,(H2,15,16,17). The van der Waals surface area contributed by atoms with Gasteiger partial charge in [0.1, 0.15) is 5.82 Å². The summed E-state index contributed by atoms with van der Waals surface area (Å²) in [6, 6.07) is 5.58. The molecule has 0 aliphatic carbocycles. The van der Waals surface area contributed by atoms with Crippen LogP contribution in [0.15, 0.2) is 22.7 Å². The summed E-state index contributed by atoms with van der Waals surface area (Å²) in [5, 5.41) is 0.599. The zero-order valence-electron chi connectivity index (χ0n) is 9.46. The van der Waals surface area contributed by atoms with Crippen molar-refractivity contribution in [3.63, 3.8) is 0 Å². The third kappa shape index (κ3) is 2.42. The molecule has 0 aliphatic heterocycles. The first-order valence-electron chi connectivity index (χ1n) is 5.05. The summed E-state index contributed by atoms with van der Waals surface area (Å²) in [6.07, 6.45) is 0. The van der Waals surface area contributed by atoms with E-state index in [9.17, 15) is 0 Å². The fraction of sp³-hybridized carbons (Fsp3) is 0.167. The zero-order chi connectivity index (χ0) is 12.6. The van der Waals surface area contributed by atoms with Crippen molar-refractivity contribution in [3.05, 3.63) is 39.0 Å². The number of halogens is 2. The van der Waals surface area contributed by atoms with Crippen LogP contribution in [-0.2, 0) is 0 Å². The molecule has 1 aromatic heterocycles. The molecule has 0 radical (unpaired) electrons. The van der Waals surface area contributed by atoms with Crippen LogP contribution in [0.1, 0.15) is 11.3 Å². The molecule has 0 unspecified atom stereocenters.